The van der Waals surface area contributed by atoms with E-state index < -0.39 is 11.8 Å². The van der Waals surface area contributed by atoms with Gasteiger partial charge in [0.2, 0.25) is 5.95 Å². The van der Waals surface area contributed by atoms with Gasteiger partial charge in [-0.2, -0.15) is 4.39 Å². The van der Waals surface area contributed by atoms with Gasteiger partial charge in [0.25, 0.3) is 0 Å². The van der Waals surface area contributed by atoms with Gasteiger partial charge >= 0.3 is 0 Å². The molecular formula is C8H8ClF2N. The summed E-state index contributed by atoms with van der Waals surface area (Å²) in [5.74, 6) is -2.01. The molecule has 4 heteroatoms. The molecule has 1 aromatic heterocycles. The third kappa shape index (κ3) is 1.41. The van der Waals surface area contributed by atoms with E-state index in [4.69, 9.17) is 11.6 Å². The van der Waals surface area contributed by atoms with Crippen molar-refractivity contribution in [3.63, 3.8) is 0 Å². The number of hydrogen-bond acceptors (Lipinski definition) is 1. The average Bonchev–Trinajstić information content (AvgIpc) is 2.02. The third-order valence-corrected chi connectivity index (χ3v) is 2.15. The number of nitrogens with zero attached hydrogens (tertiary/aromatic N) is 1. The number of halogens is 3. The molecule has 0 aromatic carbocycles. The summed E-state index contributed by atoms with van der Waals surface area (Å²) in [4.78, 5) is 3.31. The first-order valence-corrected chi connectivity index (χ1v) is 3.95. The summed E-state index contributed by atoms with van der Waals surface area (Å²) in [6, 6.07) is 0. The quantitative estimate of drug-likeness (QED) is 0.622. The van der Waals surface area contributed by atoms with Gasteiger partial charge in [-0.05, 0) is 13.3 Å². The van der Waals surface area contributed by atoms with Crippen LogP contribution in [0.3, 0.4) is 0 Å². The Morgan fingerprint density at radius 3 is 2.50 bits per heavy atom. The van der Waals surface area contributed by atoms with E-state index in [1.165, 1.54) is 0 Å². The number of pyridine rings is 1. The monoisotopic (exact) mass is 191 g/mol. The van der Waals surface area contributed by atoms with Gasteiger partial charge in [0, 0.05) is 5.56 Å². The Labute approximate surface area is 74.4 Å². The van der Waals surface area contributed by atoms with Crippen LogP contribution in [0.4, 0.5) is 8.78 Å². The summed E-state index contributed by atoms with van der Waals surface area (Å²) in [6.45, 7) is 3.26. The van der Waals surface area contributed by atoms with E-state index in [1.807, 2.05) is 0 Å². The fourth-order valence-electron chi connectivity index (χ4n) is 0.995. The predicted molar refractivity (Wildman–Crippen MR) is 43.3 cm³/mol. The van der Waals surface area contributed by atoms with E-state index >= 15 is 0 Å². The van der Waals surface area contributed by atoms with Gasteiger partial charge in [-0.3, -0.25) is 0 Å². The molecule has 0 fully saturated rings. The van der Waals surface area contributed by atoms with Crippen LogP contribution in [0.25, 0.3) is 0 Å². The van der Waals surface area contributed by atoms with Crippen molar-refractivity contribution in [1.29, 1.82) is 0 Å². The zero-order valence-corrected chi connectivity index (χ0v) is 7.54. The molecule has 1 heterocycles. The van der Waals surface area contributed by atoms with E-state index in [2.05, 4.69) is 4.98 Å². The SMILES string of the molecule is CCc1c(F)c(F)nc(C)c1Cl. The Morgan fingerprint density at radius 1 is 1.42 bits per heavy atom. The van der Waals surface area contributed by atoms with Gasteiger partial charge in [0.15, 0.2) is 5.82 Å². The average molecular weight is 192 g/mol. The second-order valence-electron chi connectivity index (χ2n) is 2.45. The molecule has 0 bridgehead atoms. The van der Waals surface area contributed by atoms with Crippen LogP contribution < -0.4 is 0 Å². The Bertz CT molecular complexity index is 286. The maximum Gasteiger partial charge on any atom is 0.249 e. The molecule has 0 spiro atoms. The molecule has 0 aliphatic rings. The van der Waals surface area contributed by atoms with E-state index in [0.717, 1.165) is 0 Å². The fraction of sp³-hybridized carbons (Fsp3) is 0.375. The molecular weight excluding hydrogens is 184 g/mol. The molecule has 0 saturated carbocycles. The van der Waals surface area contributed by atoms with Gasteiger partial charge in [-0.25, -0.2) is 9.37 Å². The summed E-state index contributed by atoms with van der Waals surface area (Å²) in [5, 5.41) is 0.219. The fourth-order valence-corrected chi connectivity index (χ4v) is 1.25. The Balaban J connectivity index is 3.42. The van der Waals surface area contributed by atoms with Crippen LogP contribution in [0.2, 0.25) is 5.02 Å². The molecule has 1 aromatic rings. The zero-order chi connectivity index (χ0) is 9.30. The lowest BCUT2D eigenvalue weighted by molar-refractivity contribution is 0.469. The minimum absolute atomic E-state index is 0.196. The van der Waals surface area contributed by atoms with Crippen LogP contribution >= 0.6 is 11.6 Å². The van der Waals surface area contributed by atoms with E-state index in [9.17, 15) is 8.78 Å². The van der Waals surface area contributed by atoms with Crippen molar-refractivity contribution in [1.82, 2.24) is 4.98 Å². The minimum Gasteiger partial charge on any atom is -0.221 e. The number of aromatic nitrogens is 1. The summed E-state index contributed by atoms with van der Waals surface area (Å²) >= 11 is 5.70. The Hall–Kier alpha value is -0.700. The number of hydrogen-bond donors (Lipinski definition) is 0. The van der Waals surface area contributed by atoms with Crippen molar-refractivity contribution in [3.05, 3.63) is 28.0 Å². The van der Waals surface area contributed by atoms with Crippen LogP contribution in [0.5, 0.6) is 0 Å². The first-order valence-electron chi connectivity index (χ1n) is 3.57. The number of rotatable bonds is 1. The summed E-state index contributed by atoms with van der Waals surface area (Å²) < 4.78 is 25.6. The second-order valence-corrected chi connectivity index (χ2v) is 2.83. The van der Waals surface area contributed by atoms with Crippen molar-refractivity contribution >= 4 is 11.6 Å². The molecule has 0 unspecified atom stereocenters. The molecule has 66 valence electrons. The van der Waals surface area contributed by atoms with Crippen LogP contribution in [0.15, 0.2) is 0 Å². The third-order valence-electron chi connectivity index (χ3n) is 1.65. The normalized spacial score (nSPS) is 10.4. The second kappa shape index (κ2) is 3.35. The highest BCUT2D eigenvalue weighted by Crippen LogP contribution is 2.23. The van der Waals surface area contributed by atoms with Crippen molar-refractivity contribution in [3.8, 4) is 0 Å². The highest BCUT2D eigenvalue weighted by molar-refractivity contribution is 6.31. The van der Waals surface area contributed by atoms with Crippen LogP contribution in [0.1, 0.15) is 18.2 Å². The van der Waals surface area contributed by atoms with E-state index in [1.54, 1.807) is 13.8 Å². The van der Waals surface area contributed by atoms with Crippen molar-refractivity contribution in [2.75, 3.05) is 0 Å². The van der Waals surface area contributed by atoms with E-state index in [0.29, 0.717) is 12.1 Å². The summed E-state index contributed by atoms with van der Waals surface area (Å²) in [6.07, 6.45) is 0.366. The topological polar surface area (TPSA) is 12.9 Å². The van der Waals surface area contributed by atoms with E-state index in [-0.39, 0.29) is 10.6 Å². The molecule has 0 radical (unpaired) electrons. The van der Waals surface area contributed by atoms with Crippen LogP contribution in [-0.2, 0) is 6.42 Å². The van der Waals surface area contributed by atoms with Gasteiger partial charge in [0.05, 0.1) is 10.7 Å². The molecule has 0 amide bonds. The van der Waals surface area contributed by atoms with Gasteiger partial charge in [-0.1, -0.05) is 18.5 Å². The lowest BCUT2D eigenvalue weighted by Gasteiger charge is -2.05. The molecule has 0 aliphatic heterocycles. The highest BCUT2D eigenvalue weighted by Gasteiger charge is 2.14. The first-order chi connectivity index (χ1) is 5.57. The molecule has 12 heavy (non-hydrogen) atoms. The summed E-state index contributed by atoms with van der Waals surface area (Å²) in [7, 11) is 0. The zero-order valence-electron chi connectivity index (χ0n) is 6.79. The smallest absolute Gasteiger partial charge is 0.221 e. The lowest BCUT2D eigenvalue weighted by atomic mass is 10.2. The molecule has 1 nitrogen and oxygen atoms in total. The maximum atomic E-state index is 12.9. The molecule has 0 aliphatic carbocycles. The van der Waals surface area contributed by atoms with Crippen molar-refractivity contribution < 1.29 is 8.78 Å². The highest BCUT2D eigenvalue weighted by atomic mass is 35.5. The van der Waals surface area contributed by atoms with Crippen LogP contribution in [0, 0.1) is 18.7 Å². The van der Waals surface area contributed by atoms with Gasteiger partial charge < -0.3 is 0 Å². The number of aryl methyl sites for hydroxylation is 1. The minimum atomic E-state index is -1.08. The van der Waals surface area contributed by atoms with Gasteiger partial charge in [-0.15, -0.1) is 0 Å². The van der Waals surface area contributed by atoms with Crippen molar-refractivity contribution in [2.45, 2.75) is 20.3 Å². The largest absolute Gasteiger partial charge is 0.249 e. The summed E-state index contributed by atoms with van der Waals surface area (Å²) in [5.41, 5.74) is 0.522. The maximum absolute atomic E-state index is 12.9. The lowest BCUT2D eigenvalue weighted by Crippen LogP contribution is -2.00. The molecule has 1 rings (SSSR count). The Morgan fingerprint density at radius 2 is 2.00 bits per heavy atom. The van der Waals surface area contributed by atoms with Gasteiger partial charge in [0.1, 0.15) is 0 Å². The Kier molecular flexibility index (Phi) is 2.62. The standard InChI is InChI=1S/C8H8ClF2N/c1-3-5-6(9)4(2)12-8(11)7(5)10/h3H2,1-2H3. The van der Waals surface area contributed by atoms with Crippen molar-refractivity contribution in [2.24, 2.45) is 0 Å². The molecule has 0 atom stereocenters. The first kappa shape index (κ1) is 9.39. The molecule has 0 saturated heterocycles. The van der Waals surface area contributed by atoms with Crippen LogP contribution in [-0.4, -0.2) is 4.98 Å². The predicted octanol–water partition coefficient (Wildman–Crippen LogP) is 2.88. The molecule has 0 N–H and O–H groups in total.